The molecule has 2 heterocycles. The average Bonchev–Trinajstić information content (AvgIpc) is 3.07. The van der Waals surface area contributed by atoms with Crippen LogP contribution in [0.15, 0.2) is 28.7 Å². The van der Waals surface area contributed by atoms with Crippen molar-refractivity contribution in [3.8, 4) is 0 Å². The van der Waals surface area contributed by atoms with Crippen molar-refractivity contribution in [2.75, 3.05) is 13.1 Å². The summed E-state index contributed by atoms with van der Waals surface area (Å²) in [5.74, 6) is -0.308. The summed E-state index contributed by atoms with van der Waals surface area (Å²) in [4.78, 5) is 26.4. The predicted molar refractivity (Wildman–Crippen MR) is 117 cm³/mol. The molecule has 164 valence electrons. The number of hydrogen-bond acceptors (Lipinski definition) is 5. The predicted octanol–water partition coefficient (Wildman–Crippen LogP) is 2.43. The molecule has 1 aliphatic heterocycles. The van der Waals surface area contributed by atoms with Crippen LogP contribution in [0.5, 0.6) is 0 Å². The number of β-amino-alcohol motifs (C(OH)–C–C–N with tert-alkyl or cyclic N) is 1. The van der Waals surface area contributed by atoms with Crippen molar-refractivity contribution in [1.82, 2.24) is 16.0 Å². The Morgan fingerprint density at radius 1 is 1.20 bits per heavy atom. The molecule has 0 radical (unpaired) electrons. The van der Waals surface area contributed by atoms with Crippen LogP contribution in [-0.2, 0) is 4.79 Å². The van der Waals surface area contributed by atoms with Crippen LogP contribution in [0.4, 0.5) is 0 Å². The van der Waals surface area contributed by atoms with Gasteiger partial charge in [-0.15, -0.1) is 12.4 Å². The molecule has 2 amide bonds. The number of carbonyl (C=O) groups excluding carboxylic acids is 2. The highest BCUT2D eigenvalue weighted by molar-refractivity contribution is 6.02. The van der Waals surface area contributed by atoms with Gasteiger partial charge in [0.2, 0.25) is 5.91 Å². The molecule has 2 aliphatic rings. The van der Waals surface area contributed by atoms with Gasteiger partial charge < -0.3 is 25.5 Å². The molecule has 30 heavy (non-hydrogen) atoms. The largest absolute Gasteiger partial charge is 0.451 e. The maximum Gasteiger partial charge on any atom is 0.288 e. The first-order valence-corrected chi connectivity index (χ1v) is 10.5. The van der Waals surface area contributed by atoms with E-state index in [2.05, 4.69) is 16.0 Å². The van der Waals surface area contributed by atoms with Crippen molar-refractivity contribution in [2.45, 2.75) is 63.1 Å². The molecule has 0 bridgehead atoms. The SMILES string of the molecule is Cc1c(C(=O)NC2(C(=O)NC3CCNCC3O)CCCCC2)oc2ccccc12.Cl. The summed E-state index contributed by atoms with van der Waals surface area (Å²) in [5, 5.41) is 20.2. The topological polar surface area (TPSA) is 104 Å². The number of furan rings is 1. The second kappa shape index (κ2) is 9.37. The third kappa shape index (κ3) is 4.33. The van der Waals surface area contributed by atoms with E-state index in [4.69, 9.17) is 4.42 Å². The van der Waals surface area contributed by atoms with Gasteiger partial charge in [0.1, 0.15) is 11.1 Å². The van der Waals surface area contributed by atoms with Crippen molar-refractivity contribution in [3.05, 3.63) is 35.6 Å². The normalized spacial score (nSPS) is 23.4. The van der Waals surface area contributed by atoms with Gasteiger partial charge in [0.15, 0.2) is 5.76 Å². The zero-order valence-corrected chi connectivity index (χ0v) is 18.0. The van der Waals surface area contributed by atoms with Crippen LogP contribution in [0.25, 0.3) is 11.0 Å². The number of nitrogens with one attached hydrogen (secondary N) is 3. The van der Waals surface area contributed by atoms with Crippen molar-refractivity contribution < 1.29 is 19.1 Å². The molecule has 1 saturated heterocycles. The van der Waals surface area contributed by atoms with E-state index in [0.29, 0.717) is 31.4 Å². The highest BCUT2D eigenvalue weighted by Crippen LogP contribution is 2.31. The number of rotatable bonds is 4. The maximum atomic E-state index is 13.3. The molecule has 2 fully saturated rings. The lowest BCUT2D eigenvalue weighted by Crippen LogP contribution is -2.63. The van der Waals surface area contributed by atoms with Gasteiger partial charge in [-0.2, -0.15) is 0 Å². The number of fused-ring (bicyclic) bond motifs is 1. The van der Waals surface area contributed by atoms with E-state index in [9.17, 15) is 14.7 Å². The number of aliphatic hydroxyl groups excluding tert-OH is 1. The molecule has 1 aromatic carbocycles. The Hall–Kier alpha value is -2.09. The molecule has 1 aromatic heterocycles. The lowest BCUT2D eigenvalue weighted by Gasteiger charge is -2.39. The number of aliphatic hydroxyl groups is 1. The number of carbonyl (C=O) groups is 2. The molecule has 2 aromatic rings. The molecule has 1 saturated carbocycles. The van der Waals surface area contributed by atoms with E-state index >= 15 is 0 Å². The van der Waals surface area contributed by atoms with Gasteiger partial charge in [0, 0.05) is 17.5 Å². The fourth-order valence-electron chi connectivity index (χ4n) is 4.55. The molecule has 2 atom stereocenters. The summed E-state index contributed by atoms with van der Waals surface area (Å²) in [7, 11) is 0. The zero-order chi connectivity index (χ0) is 20.4. The zero-order valence-electron chi connectivity index (χ0n) is 17.2. The summed E-state index contributed by atoms with van der Waals surface area (Å²) in [6, 6.07) is 7.24. The summed E-state index contributed by atoms with van der Waals surface area (Å²) >= 11 is 0. The number of hydrogen-bond donors (Lipinski definition) is 4. The number of amides is 2. The second-order valence-electron chi connectivity index (χ2n) is 8.29. The number of halogens is 1. The Labute approximate surface area is 182 Å². The Morgan fingerprint density at radius 2 is 1.93 bits per heavy atom. The molecule has 7 nitrogen and oxygen atoms in total. The third-order valence-corrected chi connectivity index (χ3v) is 6.31. The minimum absolute atomic E-state index is 0. The van der Waals surface area contributed by atoms with Crippen molar-refractivity contribution in [1.29, 1.82) is 0 Å². The van der Waals surface area contributed by atoms with E-state index in [0.717, 1.165) is 36.8 Å². The Kier molecular flexibility index (Phi) is 7.06. The first-order valence-electron chi connectivity index (χ1n) is 10.5. The second-order valence-corrected chi connectivity index (χ2v) is 8.29. The average molecular weight is 436 g/mol. The molecule has 4 N–H and O–H groups in total. The molecule has 8 heteroatoms. The highest BCUT2D eigenvalue weighted by atomic mass is 35.5. The summed E-state index contributed by atoms with van der Waals surface area (Å²) < 4.78 is 5.80. The van der Waals surface area contributed by atoms with E-state index in [1.165, 1.54) is 0 Å². The highest BCUT2D eigenvalue weighted by Gasteiger charge is 2.43. The van der Waals surface area contributed by atoms with Gasteiger partial charge >= 0.3 is 0 Å². The first kappa shape index (κ1) is 22.6. The minimum atomic E-state index is -0.967. The summed E-state index contributed by atoms with van der Waals surface area (Å²) in [6.45, 7) is 3.07. The van der Waals surface area contributed by atoms with Crippen LogP contribution in [0, 0.1) is 6.92 Å². The fraction of sp³-hybridized carbons (Fsp3) is 0.545. The van der Waals surface area contributed by atoms with E-state index in [-0.39, 0.29) is 36.0 Å². The van der Waals surface area contributed by atoms with Gasteiger partial charge in [0.25, 0.3) is 5.91 Å². The van der Waals surface area contributed by atoms with E-state index in [1.54, 1.807) is 0 Å². The van der Waals surface area contributed by atoms with Crippen LogP contribution in [0.3, 0.4) is 0 Å². The van der Waals surface area contributed by atoms with Crippen molar-refractivity contribution >= 4 is 35.2 Å². The molecule has 0 spiro atoms. The molecule has 4 rings (SSSR count). The van der Waals surface area contributed by atoms with Gasteiger partial charge in [-0.1, -0.05) is 37.5 Å². The quantitative estimate of drug-likeness (QED) is 0.590. The number of aryl methyl sites for hydroxylation is 1. The van der Waals surface area contributed by atoms with E-state index in [1.807, 2.05) is 31.2 Å². The van der Waals surface area contributed by atoms with Gasteiger partial charge in [-0.05, 0) is 38.8 Å². The Morgan fingerprint density at radius 3 is 2.63 bits per heavy atom. The standard InChI is InChI=1S/C22H29N3O4.ClH/c1-14-15-7-3-4-8-18(15)29-19(14)20(27)25-22(10-5-2-6-11-22)21(28)24-16-9-12-23-13-17(16)26;/h3-4,7-8,16-17,23,26H,2,5-6,9-13H2,1H3,(H,24,28)(H,25,27);1H. The van der Waals surface area contributed by atoms with Crippen LogP contribution in [0.2, 0.25) is 0 Å². The summed E-state index contributed by atoms with van der Waals surface area (Å²) in [5.41, 5.74) is 0.471. The third-order valence-electron chi connectivity index (χ3n) is 6.31. The number of para-hydroxylation sites is 1. The Bertz CT molecular complexity index is 907. The van der Waals surface area contributed by atoms with Crippen LogP contribution < -0.4 is 16.0 Å². The Balaban J connectivity index is 0.00000256. The van der Waals surface area contributed by atoms with Crippen LogP contribution >= 0.6 is 12.4 Å². The number of piperidine rings is 1. The lowest BCUT2D eigenvalue weighted by molar-refractivity contribution is -0.130. The van der Waals surface area contributed by atoms with E-state index < -0.39 is 11.6 Å². The molecular formula is C22H30ClN3O4. The molecule has 2 unspecified atom stereocenters. The van der Waals surface area contributed by atoms with Crippen LogP contribution in [0.1, 0.15) is 54.6 Å². The monoisotopic (exact) mass is 435 g/mol. The van der Waals surface area contributed by atoms with Crippen molar-refractivity contribution in [2.24, 2.45) is 0 Å². The van der Waals surface area contributed by atoms with Gasteiger partial charge in [0.05, 0.1) is 12.1 Å². The summed E-state index contributed by atoms with van der Waals surface area (Å²) in [6.07, 6.45) is 4.02. The van der Waals surface area contributed by atoms with Gasteiger partial charge in [-0.25, -0.2) is 0 Å². The maximum absolute atomic E-state index is 13.3. The molecular weight excluding hydrogens is 406 g/mol. The van der Waals surface area contributed by atoms with Crippen molar-refractivity contribution in [3.63, 3.8) is 0 Å². The first-order chi connectivity index (χ1) is 14.0. The number of benzene rings is 1. The van der Waals surface area contributed by atoms with Gasteiger partial charge in [-0.3, -0.25) is 9.59 Å². The van der Waals surface area contributed by atoms with Crippen LogP contribution in [-0.4, -0.2) is 47.7 Å². The fourth-order valence-corrected chi connectivity index (χ4v) is 4.55. The lowest BCUT2D eigenvalue weighted by atomic mass is 9.80. The minimum Gasteiger partial charge on any atom is -0.451 e. The smallest absolute Gasteiger partial charge is 0.288 e. The molecule has 1 aliphatic carbocycles.